The molecule has 1 unspecified atom stereocenters. The maximum absolute atomic E-state index is 15.2. The van der Waals surface area contributed by atoms with Crippen molar-refractivity contribution in [1.29, 1.82) is 0 Å². The molecule has 5 heterocycles. The Balaban J connectivity index is 1.09. The number of nitrogens with one attached hydrogen (secondary N) is 1. The molecule has 10 nitrogen and oxygen atoms in total. The van der Waals surface area contributed by atoms with E-state index < -0.39 is 35.5 Å². The molecule has 37 heavy (non-hydrogen) atoms. The number of carbonyl (C=O) groups excluding carboxylic acids is 4. The van der Waals surface area contributed by atoms with E-state index in [9.17, 15) is 19.2 Å². The van der Waals surface area contributed by atoms with Crippen LogP contribution in [0.15, 0.2) is 12.1 Å². The second-order valence-corrected chi connectivity index (χ2v) is 10.6. The minimum atomic E-state index is -1.07. The highest BCUT2D eigenvalue weighted by Gasteiger charge is 2.45. The average Bonchev–Trinajstić information content (AvgIpc) is 3.43. The maximum atomic E-state index is 15.2. The molecule has 4 fully saturated rings. The minimum absolute atomic E-state index is 0.0380. The van der Waals surface area contributed by atoms with E-state index in [4.69, 9.17) is 9.47 Å². The number of imide groups is 2. The van der Waals surface area contributed by atoms with Crippen molar-refractivity contribution in [3.8, 4) is 0 Å². The fourth-order valence-electron chi connectivity index (χ4n) is 6.30. The van der Waals surface area contributed by atoms with Gasteiger partial charge in [0, 0.05) is 52.0 Å². The van der Waals surface area contributed by atoms with Crippen molar-refractivity contribution in [1.82, 2.24) is 15.1 Å². The number of likely N-dealkylation sites (tertiary alicyclic amines) is 1. The second-order valence-electron chi connectivity index (χ2n) is 10.6. The van der Waals surface area contributed by atoms with Crippen LogP contribution in [0.4, 0.5) is 10.1 Å². The molecule has 1 N–H and O–H groups in total. The third kappa shape index (κ3) is 4.42. The van der Waals surface area contributed by atoms with Crippen molar-refractivity contribution >= 4 is 29.3 Å². The normalized spacial score (nSPS) is 26.8. The number of hydrogen-bond acceptors (Lipinski definition) is 8. The Hall–Kier alpha value is -2.89. The summed E-state index contributed by atoms with van der Waals surface area (Å²) in [6, 6.07) is 1.49. The minimum Gasteiger partial charge on any atom is -0.369 e. The van der Waals surface area contributed by atoms with Crippen LogP contribution in [-0.2, 0) is 19.1 Å². The molecular formula is C26H31FN4O6. The highest BCUT2D eigenvalue weighted by molar-refractivity contribution is 6.23. The van der Waals surface area contributed by atoms with Crippen molar-refractivity contribution < 1.29 is 33.0 Å². The van der Waals surface area contributed by atoms with E-state index in [0.29, 0.717) is 37.9 Å². The number of benzene rings is 1. The molecule has 0 bridgehead atoms. The third-order valence-electron chi connectivity index (χ3n) is 8.41. The summed E-state index contributed by atoms with van der Waals surface area (Å²) in [5.41, 5.74) is 0.370. The van der Waals surface area contributed by atoms with Gasteiger partial charge in [0.25, 0.3) is 11.8 Å². The van der Waals surface area contributed by atoms with Gasteiger partial charge < -0.3 is 19.3 Å². The van der Waals surface area contributed by atoms with Gasteiger partial charge in [0.05, 0.1) is 30.0 Å². The zero-order valence-corrected chi connectivity index (χ0v) is 20.7. The topological polar surface area (TPSA) is 108 Å². The van der Waals surface area contributed by atoms with E-state index >= 15 is 4.39 Å². The van der Waals surface area contributed by atoms with E-state index in [-0.39, 0.29) is 29.8 Å². The first kappa shape index (κ1) is 24.4. The number of nitrogens with zero attached hydrogens (tertiary/aromatic N) is 3. The van der Waals surface area contributed by atoms with Gasteiger partial charge in [-0.15, -0.1) is 0 Å². The van der Waals surface area contributed by atoms with E-state index in [1.54, 1.807) is 0 Å². The number of anilines is 1. The number of ether oxygens (including phenoxy) is 2. The Morgan fingerprint density at radius 3 is 2.22 bits per heavy atom. The number of fused-ring (bicyclic) bond motifs is 1. The van der Waals surface area contributed by atoms with Crippen molar-refractivity contribution in [3.63, 3.8) is 0 Å². The zero-order chi connectivity index (χ0) is 25.7. The molecule has 0 aromatic heterocycles. The molecule has 4 amide bonds. The quantitative estimate of drug-likeness (QED) is 0.599. The lowest BCUT2D eigenvalue weighted by atomic mass is 9.94. The van der Waals surface area contributed by atoms with Crippen LogP contribution >= 0.6 is 0 Å². The number of piperidine rings is 3. The predicted octanol–water partition coefficient (Wildman–Crippen LogP) is 1.28. The molecule has 198 valence electrons. The molecule has 0 saturated carbocycles. The molecule has 1 spiro atoms. The zero-order valence-electron chi connectivity index (χ0n) is 20.7. The third-order valence-corrected chi connectivity index (χ3v) is 8.41. The van der Waals surface area contributed by atoms with Gasteiger partial charge in [-0.2, -0.15) is 0 Å². The smallest absolute Gasteiger partial charge is 0.262 e. The highest BCUT2D eigenvalue weighted by Crippen LogP contribution is 2.35. The Bertz CT molecular complexity index is 1130. The van der Waals surface area contributed by atoms with E-state index in [1.807, 2.05) is 4.90 Å². The summed E-state index contributed by atoms with van der Waals surface area (Å²) in [7, 11) is 0. The first-order valence-electron chi connectivity index (χ1n) is 13.1. The van der Waals surface area contributed by atoms with Gasteiger partial charge in [-0.1, -0.05) is 0 Å². The molecule has 1 aromatic carbocycles. The number of amides is 4. The summed E-state index contributed by atoms with van der Waals surface area (Å²) in [5, 5.41) is 2.17. The molecule has 5 aliphatic heterocycles. The van der Waals surface area contributed by atoms with E-state index in [0.717, 1.165) is 56.3 Å². The van der Waals surface area contributed by atoms with E-state index in [2.05, 4.69) is 10.2 Å². The SMILES string of the molecule is O=C1CCC(N2C(=O)c3cc(F)c(N4CCC(CN5CCC6(CC5)OCCO6)CC4)cc3C2=O)C(=O)N1. The molecular weight excluding hydrogens is 483 g/mol. The Morgan fingerprint density at radius 1 is 0.919 bits per heavy atom. The van der Waals surface area contributed by atoms with Crippen molar-refractivity contribution in [2.24, 2.45) is 5.92 Å². The molecule has 0 radical (unpaired) electrons. The Kier molecular flexibility index (Phi) is 6.24. The summed E-state index contributed by atoms with van der Waals surface area (Å²) in [6.45, 7) is 5.54. The van der Waals surface area contributed by atoms with Crippen molar-refractivity contribution in [3.05, 3.63) is 29.1 Å². The standard InChI is InChI=1S/C26H31FN4O6/c27-19-13-17-18(25(35)31(24(17)34)20-1-2-22(32)28-23(20)33)14-21(19)30-7-3-16(4-8-30)15-29-9-5-26(6-10-29)36-11-12-37-26/h13-14,16,20H,1-12,15H2,(H,28,32,33). The number of carbonyl (C=O) groups is 4. The Morgan fingerprint density at radius 2 is 1.57 bits per heavy atom. The summed E-state index contributed by atoms with van der Waals surface area (Å²) < 4.78 is 26.8. The molecule has 1 aromatic rings. The van der Waals surface area contributed by atoms with Gasteiger partial charge in [-0.05, 0) is 37.3 Å². The van der Waals surface area contributed by atoms with Crippen molar-refractivity contribution in [2.45, 2.75) is 50.4 Å². The van der Waals surface area contributed by atoms with Gasteiger partial charge in [0.2, 0.25) is 11.8 Å². The lowest BCUT2D eigenvalue weighted by molar-refractivity contribution is -0.185. The van der Waals surface area contributed by atoms with Gasteiger partial charge in [0.15, 0.2) is 5.79 Å². The van der Waals surface area contributed by atoms with Gasteiger partial charge in [-0.3, -0.25) is 29.4 Å². The van der Waals surface area contributed by atoms with Crippen LogP contribution in [0.1, 0.15) is 59.2 Å². The molecule has 5 aliphatic rings. The van der Waals surface area contributed by atoms with Gasteiger partial charge in [-0.25, -0.2) is 4.39 Å². The van der Waals surface area contributed by atoms with Crippen LogP contribution in [0.2, 0.25) is 0 Å². The van der Waals surface area contributed by atoms with Crippen LogP contribution in [0.25, 0.3) is 0 Å². The lowest BCUT2D eigenvalue weighted by Gasteiger charge is -2.40. The number of hydrogen-bond donors (Lipinski definition) is 1. The van der Waals surface area contributed by atoms with Crippen LogP contribution in [0, 0.1) is 11.7 Å². The second kappa shape index (κ2) is 9.45. The predicted molar refractivity (Wildman–Crippen MR) is 128 cm³/mol. The summed E-state index contributed by atoms with van der Waals surface area (Å²) in [5.74, 6) is -2.87. The molecule has 1 atom stereocenters. The van der Waals surface area contributed by atoms with Crippen LogP contribution in [-0.4, -0.2) is 91.2 Å². The van der Waals surface area contributed by atoms with Gasteiger partial charge in [0.1, 0.15) is 11.9 Å². The fraction of sp³-hybridized carbons (Fsp3) is 0.615. The average molecular weight is 515 g/mol. The molecule has 6 rings (SSSR count). The van der Waals surface area contributed by atoms with Crippen LogP contribution in [0.3, 0.4) is 0 Å². The summed E-state index contributed by atoms with van der Waals surface area (Å²) >= 11 is 0. The number of rotatable bonds is 4. The molecule has 4 saturated heterocycles. The van der Waals surface area contributed by atoms with E-state index in [1.165, 1.54) is 6.07 Å². The van der Waals surface area contributed by atoms with Gasteiger partial charge >= 0.3 is 0 Å². The molecule has 0 aliphatic carbocycles. The summed E-state index contributed by atoms with van der Waals surface area (Å²) in [4.78, 5) is 55.1. The highest BCUT2D eigenvalue weighted by atomic mass is 19.1. The Labute approximate surface area is 214 Å². The molecule has 11 heteroatoms. The number of halogens is 1. The first-order valence-corrected chi connectivity index (χ1v) is 13.1. The van der Waals surface area contributed by atoms with Crippen LogP contribution < -0.4 is 10.2 Å². The first-order chi connectivity index (χ1) is 17.8. The van der Waals surface area contributed by atoms with Crippen molar-refractivity contribution in [2.75, 3.05) is 50.8 Å². The monoisotopic (exact) mass is 514 g/mol. The van der Waals surface area contributed by atoms with Crippen LogP contribution in [0.5, 0.6) is 0 Å². The summed E-state index contributed by atoms with van der Waals surface area (Å²) in [6.07, 6.45) is 3.68. The maximum Gasteiger partial charge on any atom is 0.262 e. The lowest BCUT2D eigenvalue weighted by Crippen LogP contribution is -2.54. The largest absolute Gasteiger partial charge is 0.369 e. The fourth-order valence-corrected chi connectivity index (χ4v) is 6.30.